The third-order valence-electron chi connectivity index (χ3n) is 2.72. The Hall–Kier alpha value is -0.890. The lowest BCUT2D eigenvalue weighted by atomic mass is 9.88. The second-order valence-corrected chi connectivity index (χ2v) is 4.18. The standard InChI is InChI=1S/C13H20FN/c1-4-15-9-12(10(2)3)11-7-5-6-8-13(11)14/h5-8,10,12,15H,4,9H2,1-3H3. The highest BCUT2D eigenvalue weighted by molar-refractivity contribution is 5.22. The van der Waals surface area contributed by atoms with Crippen LogP contribution in [0, 0.1) is 11.7 Å². The molecule has 1 rings (SSSR count). The summed E-state index contributed by atoms with van der Waals surface area (Å²) in [4.78, 5) is 0. The van der Waals surface area contributed by atoms with Crippen LogP contribution in [0.25, 0.3) is 0 Å². The van der Waals surface area contributed by atoms with Crippen LogP contribution < -0.4 is 5.32 Å². The van der Waals surface area contributed by atoms with Gasteiger partial charge in [-0.25, -0.2) is 4.39 Å². The summed E-state index contributed by atoms with van der Waals surface area (Å²) in [7, 11) is 0. The molecule has 0 bridgehead atoms. The van der Waals surface area contributed by atoms with Gasteiger partial charge >= 0.3 is 0 Å². The van der Waals surface area contributed by atoms with Crippen molar-refractivity contribution in [1.29, 1.82) is 0 Å². The number of halogens is 1. The lowest BCUT2D eigenvalue weighted by Gasteiger charge is -2.22. The van der Waals surface area contributed by atoms with Crippen molar-refractivity contribution in [1.82, 2.24) is 5.32 Å². The summed E-state index contributed by atoms with van der Waals surface area (Å²) in [6, 6.07) is 7.07. The molecule has 0 fully saturated rings. The van der Waals surface area contributed by atoms with Crippen LogP contribution in [0.3, 0.4) is 0 Å². The fourth-order valence-electron chi connectivity index (χ4n) is 1.78. The highest BCUT2D eigenvalue weighted by Crippen LogP contribution is 2.25. The van der Waals surface area contributed by atoms with Crippen molar-refractivity contribution in [3.63, 3.8) is 0 Å². The summed E-state index contributed by atoms with van der Waals surface area (Å²) in [6.07, 6.45) is 0. The first kappa shape index (κ1) is 12.2. The maximum Gasteiger partial charge on any atom is 0.126 e. The van der Waals surface area contributed by atoms with Crippen LogP contribution in [-0.2, 0) is 0 Å². The van der Waals surface area contributed by atoms with Crippen LogP contribution >= 0.6 is 0 Å². The molecule has 1 aromatic carbocycles. The van der Waals surface area contributed by atoms with Gasteiger partial charge in [0.15, 0.2) is 0 Å². The number of benzene rings is 1. The van der Waals surface area contributed by atoms with E-state index in [4.69, 9.17) is 0 Å². The van der Waals surface area contributed by atoms with Gasteiger partial charge in [-0.2, -0.15) is 0 Å². The normalized spacial score (nSPS) is 13.1. The maximum atomic E-state index is 13.6. The number of hydrogen-bond acceptors (Lipinski definition) is 1. The second-order valence-electron chi connectivity index (χ2n) is 4.18. The molecule has 1 unspecified atom stereocenters. The Bertz CT molecular complexity index is 296. The van der Waals surface area contributed by atoms with Gasteiger partial charge in [-0.05, 0) is 24.1 Å². The van der Waals surface area contributed by atoms with E-state index < -0.39 is 0 Å². The number of hydrogen-bond donors (Lipinski definition) is 1. The monoisotopic (exact) mass is 209 g/mol. The Labute approximate surface area is 91.7 Å². The van der Waals surface area contributed by atoms with E-state index >= 15 is 0 Å². The third kappa shape index (κ3) is 3.31. The second kappa shape index (κ2) is 5.86. The molecule has 1 nitrogen and oxygen atoms in total. The molecule has 1 aromatic rings. The van der Waals surface area contributed by atoms with Crippen molar-refractivity contribution in [2.24, 2.45) is 5.92 Å². The summed E-state index contributed by atoms with van der Waals surface area (Å²) >= 11 is 0. The van der Waals surface area contributed by atoms with Gasteiger partial charge in [0.05, 0.1) is 0 Å². The van der Waals surface area contributed by atoms with E-state index in [1.165, 1.54) is 6.07 Å². The van der Waals surface area contributed by atoms with Gasteiger partial charge in [0.1, 0.15) is 5.82 Å². The predicted octanol–water partition coefficient (Wildman–Crippen LogP) is 3.17. The number of nitrogens with one attached hydrogen (secondary N) is 1. The van der Waals surface area contributed by atoms with Crippen LogP contribution in [0.1, 0.15) is 32.3 Å². The van der Waals surface area contributed by atoms with Gasteiger partial charge in [-0.1, -0.05) is 39.0 Å². The SMILES string of the molecule is CCNCC(c1ccccc1F)C(C)C. The summed E-state index contributed by atoms with van der Waals surface area (Å²) < 4.78 is 13.6. The minimum atomic E-state index is -0.0888. The van der Waals surface area contributed by atoms with E-state index in [1.54, 1.807) is 6.07 Å². The Morgan fingerprint density at radius 1 is 1.27 bits per heavy atom. The zero-order valence-corrected chi connectivity index (χ0v) is 9.76. The molecular weight excluding hydrogens is 189 g/mol. The quantitative estimate of drug-likeness (QED) is 0.785. The first-order chi connectivity index (χ1) is 7.16. The molecule has 0 aliphatic rings. The molecule has 1 atom stereocenters. The largest absolute Gasteiger partial charge is 0.316 e. The number of rotatable bonds is 5. The third-order valence-corrected chi connectivity index (χ3v) is 2.72. The zero-order valence-electron chi connectivity index (χ0n) is 9.76. The van der Waals surface area contributed by atoms with Gasteiger partial charge in [0.2, 0.25) is 0 Å². The van der Waals surface area contributed by atoms with E-state index in [1.807, 2.05) is 12.1 Å². The first-order valence-electron chi connectivity index (χ1n) is 5.62. The highest BCUT2D eigenvalue weighted by atomic mass is 19.1. The molecule has 0 aromatic heterocycles. The zero-order chi connectivity index (χ0) is 11.3. The molecule has 1 N–H and O–H groups in total. The average molecular weight is 209 g/mol. The lowest BCUT2D eigenvalue weighted by Crippen LogP contribution is -2.25. The maximum absolute atomic E-state index is 13.6. The predicted molar refractivity (Wildman–Crippen MR) is 62.5 cm³/mol. The smallest absolute Gasteiger partial charge is 0.126 e. The van der Waals surface area contributed by atoms with Crippen molar-refractivity contribution in [3.8, 4) is 0 Å². The summed E-state index contributed by atoms with van der Waals surface area (Å²) in [5.74, 6) is 0.612. The molecule has 2 heteroatoms. The van der Waals surface area contributed by atoms with Gasteiger partial charge in [0.25, 0.3) is 0 Å². The van der Waals surface area contributed by atoms with Crippen molar-refractivity contribution in [2.75, 3.05) is 13.1 Å². The van der Waals surface area contributed by atoms with E-state index in [2.05, 4.69) is 26.1 Å². The molecule has 0 saturated carbocycles. The van der Waals surface area contributed by atoms with Gasteiger partial charge in [0, 0.05) is 12.5 Å². The van der Waals surface area contributed by atoms with Crippen LogP contribution in [0.4, 0.5) is 4.39 Å². The van der Waals surface area contributed by atoms with Crippen molar-refractivity contribution < 1.29 is 4.39 Å². The summed E-state index contributed by atoms with van der Waals surface area (Å²) in [5, 5.41) is 3.29. The molecule has 0 heterocycles. The summed E-state index contributed by atoms with van der Waals surface area (Å²) in [6.45, 7) is 8.11. The van der Waals surface area contributed by atoms with E-state index in [0.29, 0.717) is 5.92 Å². The molecule has 0 saturated heterocycles. The fourth-order valence-corrected chi connectivity index (χ4v) is 1.78. The molecule has 0 amide bonds. The molecule has 15 heavy (non-hydrogen) atoms. The van der Waals surface area contributed by atoms with E-state index in [-0.39, 0.29) is 11.7 Å². The molecule has 84 valence electrons. The van der Waals surface area contributed by atoms with E-state index in [9.17, 15) is 4.39 Å². The highest BCUT2D eigenvalue weighted by Gasteiger charge is 2.18. The van der Waals surface area contributed by atoms with Crippen LogP contribution in [0.15, 0.2) is 24.3 Å². The minimum Gasteiger partial charge on any atom is -0.316 e. The van der Waals surface area contributed by atoms with Crippen LogP contribution in [0.2, 0.25) is 0 Å². The molecular formula is C13H20FN. The Morgan fingerprint density at radius 3 is 2.47 bits per heavy atom. The van der Waals surface area contributed by atoms with Crippen molar-refractivity contribution in [2.45, 2.75) is 26.7 Å². The summed E-state index contributed by atoms with van der Waals surface area (Å²) in [5.41, 5.74) is 0.827. The van der Waals surface area contributed by atoms with Crippen LogP contribution in [0.5, 0.6) is 0 Å². The van der Waals surface area contributed by atoms with Crippen LogP contribution in [-0.4, -0.2) is 13.1 Å². The molecule has 0 radical (unpaired) electrons. The van der Waals surface area contributed by atoms with Crippen molar-refractivity contribution >= 4 is 0 Å². The Morgan fingerprint density at radius 2 is 1.93 bits per heavy atom. The van der Waals surface area contributed by atoms with Crippen molar-refractivity contribution in [3.05, 3.63) is 35.6 Å². The molecule has 0 spiro atoms. The Balaban J connectivity index is 2.84. The Kier molecular flexibility index (Phi) is 4.76. The van der Waals surface area contributed by atoms with Gasteiger partial charge < -0.3 is 5.32 Å². The van der Waals surface area contributed by atoms with E-state index in [0.717, 1.165) is 18.7 Å². The molecule has 0 aliphatic heterocycles. The molecule has 0 aliphatic carbocycles. The number of likely N-dealkylation sites (N-methyl/N-ethyl adjacent to an activating group) is 1. The lowest BCUT2D eigenvalue weighted by molar-refractivity contribution is 0.448. The van der Waals surface area contributed by atoms with Gasteiger partial charge in [-0.15, -0.1) is 0 Å². The minimum absolute atomic E-state index is 0.0888. The first-order valence-corrected chi connectivity index (χ1v) is 5.62. The topological polar surface area (TPSA) is 12.0 Å². The fraction of sp³-hybridized carbons (Fsp3) is 0.538. The average Bonchev–Trinajstić information content (AvgIpc) is 2.20. The van der Waals surface area contributed by atoms with Gasteiger partial charge in [-0.3, -0.25) is 0 Å².